The van der Waals surface area contributed by atoms with E-state index in [9.17, 15) is 14.0 Å². The molecule has 3 unspecified atom stereocenters. The molecule has 0 aliphatic heterocycles. The van der Waals surface area contributed by atoms with E-state index in [-0.39, 0.29) is 23.6 Å². The van der Waals surface area contributed by atoms with Gasteiger partial charge in [-0.25, -0.2) is 4.39 Å². The Morgan fingerprint density at radius 3 is 2.85 bits per heavy atom. The number of aromatic nitrogens is 1. The van der Waals surface area contributed by atoms with Crippen LogP contribution in [0.4, 0.5) is 4.39 Å². The quantitative estimate of drug-likeness (QED) is 0.627. The third kappa shape index (κ3) is 3.93. The Bertz CT molecular complexity index is 1180. The fourth-order valence-electron chi connectivity index (χ4n) is 6.92. The highest BCUT2D eigenvalue weighted by Gasteiger charge is 2.52. The summed E-state index contributed by atoms with van der Waals surface area (Å²) in [5.41, 5.74) is 5.38. The molecular formula is C28H31FN2O3. The molecule has 3 aliphatic rings. The van der Waals surface area contributed by atoms with Gasteiger partial charge >= 0.3 is 5.97 Å². The summed E-state index contributed by atoms with van der Waals surface area (Å²) in [5.74, 6) is 0.135. The summed E-state index contributed by atoms with van der Waals surface area (Å²) in [5, 5.41) is 11.7. The summed E-state index contributed by atoms with van der Waals surface area (Å²) in [4.78, 5) is 27.6. The number of nitrogens with one attached hydrogen (secondary N) is 1. The Labute approximate surface area is 199 Å². The second-order valence-electron chi connectivity index (χ2n) is 10.5. The zero-order chi connectivity index (χ0) is 24.0. The van der Waals surface area contributed by atoms with E-state index >= 15 is 0 Å². The van der Waals surface area contributed by atoms with Crippen LogP contribution < -0.4 is 5.32 Å². The number of fused-ring (bicyclic) bond motifs is 5. The highest BCUT2D eigenvalue weighted by molar-refractivity contribution is 5.95. The van der Waals surface area contributed by atoms with E-state index in [1.54, 1.807) is 19.2 Å². The van der Waals surface area contributed by atoms with Crippen molar-refractivity contribution in [1.29, 1.82) is 0 Å². The predicted octanol–water partition coefficient (Wildman–Crippen LogP) is 5.36. The third-order valence-corrected chi connectivity index (χ3v) is 8.44. The number of carbonyl (C=O) groups excluding carboxylic acids is 1. The maximum atomic E-state index is 13.9. The number of rotatable bonds is 5. The molecule has 1 fully saturated rings. The minimum absolute atomic E-state index is 0.0360. The lowest BCUT2D eigenvalue weighted by Gasteiger charge is -2.50. The molecule has 0 saturated heterocycles. The Balaban J connectivity index is 1.35. The summed E-state index contributed by atoms with van der Waals surface area (Å²) in [6.45, 7) is 4.05. The molecule has 1 aromatic heterocycles. The van der Waals surface area contributed by atoms with Crippen LogP contribution in [0, 0.1) is 23.1 Å². The maximum absolute atomic E-state index is 13.9. The lowest BCUT2D eigenvalue weighted by atomic mass is 9.54. The Kier molecular flexibility index (Phi) is 5.78. The van der Waals surface area contributed by atoms with Gasteiger partial charge in [-0.3, -0.25) is 14.6 Å². The fourth-order valence-corrected chi connectivity index (χ4v) is 6.92. The lowest BCUT2D eigenvalue weighted by molar-refractivity contribution is -0.137. The Morgan fingerprint density at radius 2 is 2.09 bits per heavy atom. The van der Waals surface area contributed by atoms with Crippen LogP contribution in [0.3, 0.4) is 0 Å². The molecule has 34 heavy (non-hydrogen) atoms. The molecule has 6 heteroatoms. The first-order chi connectivity index (χ1) is 16.3. The minimum Gasteiger partial charge on any atom is -0.481 e. The average Bonchev–Trinajstić information content (AvgIpc) is 3.15. The van der Waals surface area contributed by atoms with Crippen molar-refractivity contribution in [3.05, 3.63) is 70.8 Å². The van der Waals surface area contributed by atoms with E-state index < -0.39 is 12.0 Å². The molecule has 5 rings (SSSR count). The predicted molar refractivity (Wildman–Crippen MR) is 128 cm³/mol. The van der Waals surface area contributed by atoms with Gasteiger partial charge in [-0.1, -0.05) is 19.1 Å². The van der Waals surface area contributed by atoms with Gasteiger partial charge in [0.1, 0.15) is 5.82 Å². The highest BCUT2D eigenvalue weighted by Crippen LogP contribution is 2.63. The monoisotopic (exact) mass is 462 g/mol. The lowest BCUT2D eigenvalue weighted by Crippen LogP contribution is -2.41. The van der Waals surface area contributed by atoms with Crippen LogP contribution in [-0.4, -0.2) is 28.0 Å². The van der Waals surface area contributed by atoms with Crippen LogP contribution in [0.15, 0.2) is 42.7 Å². The van der Waals surface area contributed by atoms with Crippen LogP contribution in [0.2, 0.25) is 0 Å². The zero-order valence-electron chi connectivity index (χ0n) is 19.7. The van der Waals surface area contributed by atoms with Crippen LogP contribution in [0.25, 0.3) is 5.57 Å². The van der Waals surface area contributed by atoms with Crippen molar-refractivity contribution in [2.45, 2.75) is 64.3 Å². The number of amides is 1. The van der Waals surface area contributed by atoms with Gasteiger partial charge in [-0.2, -0.15) is 0 Å². The second-order valence-corrected chi connectivity index (χ2v) is 10.5. The maximum Gasteiger partial charge on any atom is 0.305 e. The molecule has 1 heterocycles. The number of aryl methyl sites for hydroxylation is 1. The SMILES string of the molecule is C[C@@H](CC(=O)O)NC(=O)c1ccc2c(c1)CCC1C2CC[C@]2(C)C(c3cncc(F)c3)=CCC12. The van der Waals surface area contributed by atoms with Crippen LogP contribution in [0.1, 0.15) is 78.9 Å². The van der Waals surface area contributed by atoms with Crippen molar-refractivity contribution >= 4 is 17.4 Å². The molecule has 178 valence electrons. The topological polar surface area (TPSA) is 79.3 Å². The Morgan fingerprint density at radius 1 is 1.26 bits per heavy atom. The molecule has 1 aromatic carbocycles. The molecule has 0 spiro atoms. The molecule has 5 atom stereocenters. The van der Waals surface area contributed by atoms with Crippen molar-refractivity contribution in [2.75, 3.05) is 0 Å². The first-order valence-corrected chi connectivity index (χ1v) is 12.2. The first-order valence-electron chi connectivity index (χ1n) is 12.2. The number of hydrogen-bond acceptors (Lipinski definition) is 3. The first kappa shape index (κ1) is 22.8. The van der Waals surface area contributed by atoms with Crippen molar-refractivity contribution in [3.8, 4) is 0 Å². The minimum atomic E-state index is -0.924. The van der Waals surface area contributed by atoms with Crippen LogP contribution in [0.5, 0.6) is 0 Å². The number of benzene rings is 1. The van der Waals surface area contributed by atoms with Crippen molar-refractivity contribution in [1.82, 2.24) is 10.3 Å². The van der Waals surface area contributed by atoms with E-state index in [1.165, 1.54) is 22.9 Å². The molecule has 0 bridgehead atoms. The van der Waals surface area contributed by atoms with Crippen LogP contribution in [-0.2, 0) is 11.2 Å². The molecule has 1 amide bonds. The number of allylic oxidation sites excluding steroid dienone is 2. The van der Waals surface area contributed by atoms with E-state index in [0.717, 1.165) is 37.7 Å². The van der Waals surface area contributed by atoms with Gasteiger partial charge in [0.2, 0.25) is 0 Å². The average molecular weight is 463 g/mol. The number of carbonyl (C=O) groups is 2. The summed E-state index contributed by atoms with van der Waals surface area (Å²) in [6, 6.07) is 7.19. The van der Waals surface area contributed by atoms with Crippen LogP contribution >= 0.6 is 0 Å². The van der Waals surface area contributed by atoms with E-state index in [2.05, 4.69) is 29.4 Å². The molecule has 3 aliphatic carbocycles. The molecular weight excluding hydrogens is 431 g/mol. The normalized spacial score (nSPS) is 28.2. The van der Waals surface area contributed by atoms with Crippen molar-refractivity contribution < 1.29 is 19.1 Å². The van der Waals surface area contributed by atoms with Gasteiger partial charge in [-0.05, 0) is 103 Å². The Hall–Kier alpha value is -3.02. The van der Waals surface area contributed by atoms with Gasteiger partial charge in [0.25, 0.3) is 5.91 Å². The number of hydrogen-bond donors (Lipinski definition) is 2. The highest BCUT2D eigenvalue weighted by atomic mass is 19.1. The number of halogens is 1. The van der Waals surface area contributed by atoms with E-state index in [1.807, 2.05) is 12.1 Å². The van der Waals surface area contributed by atoms with Gasteiger partial charge in [0.15, 0.2) is 0 Å². The zero-order valence-corrected chi connectivity index (χ0v) is 19.7. The number of pyridine rings is 1. The van der Waals surface area contributed by atoms with Gasteiger partial charge in [0, 0.05) is 17.8 Å². The second kappa shape index (κ2) is 8.64. The molecule has 0 radical (unpaired) electrons. The summed E-state index contributed by atoms with van der Waals surface area (Å²) in [7, 11) is 0. The van der Waals surface area contributed by atoms with Gasteiger partial charge in [0.05, 0.1) is 12.6 Å². The molecule has 1 saturated carbocycles. The summed E-state index contributed by atoms with van der Waals surface area (Å²) in [6.07, 6.45) is 10.4. The van der Waals surface area contributed by atoms with E-state index in [4.69, 9.17) is 5.11 Å². The summed E-state index contributed by atoms with van der Waals surface area (Å²) < 4.78 is 13.9. The molecule has 2 aromatic rings. The largest absolute Gasteiger partial charge is 0.481 e. The van der Waals surface area contributed by atoms with Crippen molar-refractivity contribution in [2.24, 2.45) is 17.3 Å². The van der Waals surface area contributed by atoms with Gasteiger partial charge in [-0.15, -0.1) is 0 Å². The third-order valence-electron chi connectivity index (χ3n) is 8.44. The summed E-state index contributed by atoms with van der Waals surface area (Å²) >= 11 is 0. The standard InChI is InChI=1S/C28H31FN2O3/c1-16(11-26(32)33)31-27(34)18-4-5-21-17(12-18)3-6-23-22(21)9-10-28(2)24(7-8-25(23)28)19-13-20(29)15-30-14-19/h4-5,7,12-16,22-23,25H,3,6,8-11H2,1-2H3,(H,31,34)(H,32,33)/t16-,22?,23?,25?,28+/m0/s1. The number of aliphatic carboxylic acids is 1. The molecule has 2 N–H and O–H groups in total. The number of nitrogens with zero attached hydrogens (tertiary/aromatic N) is 1. The van der Waals surface area contributed by atoms with Gasteiger partial charge < -0.3 is 10.4 Å². The molecule has 5 nitrogen and oxygen atoms in total. The van der Waals surface area contributed by atoms with E-state index in [0.29, 0.717) is 23.3 Å². The smallest absolute Gasteiger partial charge is 0.305 e. The van der Waals surface area contributed by atoms with Crippen molar-refractivity contribution in [3.63, 3.8) is 0 Å². The fraction of sp³-hybridized carbons (Fsp3) is 0.464. The number of carboxylic acids is 1. The number of carboxylic acid groups (broad SMARTS) is 1.